The summed E-state index contributed by atoms with van der Waals surface area (Å²) in [4.78, 5) is 14.0. The van der Waals surface area contributed by atoms with E-state index < -0.39 is 15.9 Å². The van der Waals surface area contributed by atoms with Crippen molar-refractivity contribution >= 4 is 15.9 Å². The van der Waals surface area contributed by atoms with E-state index in [9.17, 15) is 13.2 Å². The Morgan fingerprint density at radius 1 is 1.04 bits per heavy atom. The van der Waals surface area contributed by atoms with Gasteiger partial charge in [-0.3, -0.25) is 10.2 Å². The van der Waals surface area contributed by atoms with Crippen LogP contribution in [0.25, 0.3) is 0 Å². The molecule has 2 aromatic carbocycles. The Bertz CT molecular complexity index is 743. The molecule has 0 unspecified atom stereocenters. The molecule has 0 saturated carbocycles. The predicted molar refractivity (Wildman–Crippen MR) is 87.3 cm³/mol. The summed E-state index contributed by atoms with van der Waals surface area (Å²) in [6, 6.07) is 15.1. The molecule has 122 valence electrons. The zero-order chi connectivity index (χ0) is 16.7. The van der Waals surface area contributed by atoms with E-state index in [0.717, 1.165) is 0 Å². The van der Waals surface area contributed by atoms with Crippen molar-refractivity contribution in [3.63, 3.8) is 0 Å². The van der Waals surface area contributed by atoms with Crippen molar-refractivity contribution in [1.29, 1.82) is 0 Å². The normalized spacial score (nSPS) is 11.0. The van der Waals surface area contributed by atoms with Gasteiger partial charge in [0.2, 0.25) is 10.0 Å². The predicted octanol–water partition coefficient (Wildman–Crippen LogP) is 1.85. The van der Waals surface area contributed by atoms with E-state index in [2.05, 4.69) is 10.3 Å². The van der Waals surface area contributed by atoms with Gasteiger partial charge >= 0.3 is 0 Å². The van der Waals surface area contributed by atoms with Crippen molar-refractivity contribution in [2.75, 3.05) is 6.61 Å². The van der Waals surface area contributed by atoms with Crippen LogP contribution in [-0.2, 0) is 15.8 Å². The first-order chi connectivity index (χ1) is 11.0. The molecule has 0 bridgehead atoms. The highest BCUT2D eigenvalue weighted by Crippen LogP contribution is 2.11. The first kappa shape index (κ1) is 17.0. The molecule has 2 rings (SSSR count). The lowest BCUT2D eigenvalue weighted by molar-refractivity contribution is 0.0945. The molecule has 0 saturated heterocycles. The molecular weight excluding hydrogens is 316 g/mol. The number of nitrogens with one attached hydrogen (secondary N) is 2. The summed E-state index contributed by atoms with van der Waals surface area (Å²) < 4.78 is 29.1. The van der Waals surface area contributed by atoms with Gasteiger partial charge in [-0.15, -0.1) is 4.83 Å². The highest BCUT2D eigenvalue weighted by Gasteiger charge is 2.13. The Labute approximate surface area is 135 Å². The van der Waals surface area contributed by atoms with Gasteiger partial charge in [-0.1, -0.05) is 30.3 Å². The van der Waals surface area contributed by atoms with Gasteiger partial charge in [0.05, 0.1) is 12.4 Å². The molecule has 0 aliphatic rings. The van der Waals surface area contributed by atoms with Crippen LogP contribution >= 0.6 is 0 Å². The van der Waals surface area contributed by atoms with Crippen LogP contribution in [-0.4, -0.2) is 20.9 Å². The molecule has 0 atom stereocenters. The molecule has 6 nitrogen and oxygen atoms in total. The van der Waals surface area contributed by atoms with Crippen LogP contribution in [0.4, 0.5) is 0 Å². The van der Waals surface area contributed by atoms with Crippen LogP contribution in [0.3, 0.4) is 0 Å². The summed E-state index contributed by atoms with van der Waals surface area (Å²) >= 11 is 0. The first-order valence-corrected chi connectivity index (χ1v) is 8.72. The van der Waals surface area contributed by atoms with Crippen molar-refractivity contribution in [2.45, 2.75) is 12.7 Å². The number of sulfonamides is 1. The van der Waals surface area contributed by atoms with Crippen LogP contribution in [0.5, 0.6) is 5.75 Å². The third-order valence-corrected chi connectivity index (χ3v) is 4.07. The average Bonchev–Trinajstić information content (AvgIpc) is 2.54. The highest BCUT2D eigenvalue weighted by molar-refractivity contribution is 7.88. The molecule has 0 aliphatic heterocycles. The first-order valence-electron chi connectivity index (χ1n) is 7.07. The summed E-state index contributed by atoms with van der Waals surface area (Å²) in [6.45, 7) is 2.40. The molecule has 0 spiro atoms. The standard InChI is InChI=1S/C16H18N2O4S/c1-2-22-15-10-8-14(9-11-15)16(19)17-18-23(20,21)12-13-6-4-3-5-7-13/h3-11,18H,2,12H2,1H3,(H,17,19). The second kappa shape index (κ2) is 7.75. The molecule has 0 heterocycles. The van der Waals surface area contributed by atoms with Gasteiger partial charge in [0.1, 0.15) is 5.75 Å². The third-order valence-electron chi connectivity index (χ3n) is 2.95. The molecule has 0 radical (unpaired) electrons. The maximum Gasteiger partial charge on any atom is 0.266 e. The smallest absolute Gasteiger partial charge is 0.266 e. The number of amides is 1. The van der Waals surface area contributed by atoms with Gasteiger partial charge in [0.25, 0.3) is 5.91 Å². The molecule has 2 N–H and O–H groups in total. The van der Waals surface area contributed by atoms with Crippen LogP contribution in [0.15, 0.2) is 54.6 Å². The number of ether oxygens (including phenoxy) is 1. The minimum Gasteiger partial charge on any atom is -0.494 e. The molecule has 0 aliphatic carbocycles. The third kappa shape index (κ3) is 5.39. The lowest BCUT2D eigenvalue weighted by atomic mass is 10.2. The Balaban J connectivity index is 1.92. The van der Waals surface area contributed by atoms with Crippen LogP contribution < -0.4 is 15.0 Å². The van der Waals surface area contributed by atoms with E-state index in [1.165, 1.54) is 0 Å². The second-order valence-electron chi connectivity index (χ2n) is 4.76. The molecule has 7 heteroatoms. The highest BCUT2D eigenvalue weighted by atomic mass is 32.2. The fourth-order valence-corrected chi connectivity index (χ4v) is 2.85. The van der Waals surface area contributed by atoms with Gasteiger partial charge in [-0.25, -0.2) is 8.42 Å². The number of hydrogen-bond donors (Lipinski definition) is 2. The fourth-order valence-electron chi connectivity index (χ4n) is 1.90. The molecular formula is C16H18N2O4S. The lowest BCUT2D eigenvalue weighted by Crippen LogP contribution is -2.42. The summed E-state index contributed by atoms with van der Waals surface area (Å²) in [5, 5.41) is 0. The molecule has 0 fully saturated rings. The number of benzene rings is 2. The molecule has 23 heavy (non-hydrogen) atoms. The average molecular weight is 334 g/mol. The van der Waals surface area contributed by atoms with Gasteiger partial charge in [-0.2, -0.15) is 0 Å². The zero-order valence-electron chi connectivity index (χ0n) is 12.7. The minimum atomic E-state index is -3.66. The number of carbonyl (C=O) groups excluding carboxylic acids is 1. The van der Waals surface area contributed by atoms with Crippen molar-refractivity contribution in [3.05, 3.63) is 65.7 Å². The lowest BCUT2D eigenvalue weighted by Gasteiger charge is -2.09. The van der Waals surface area contributed by atoms with E-state index in [1.54, 1.807) is 54.6 Å². The SMILES string of the molecule is CCOc1ccc(C(=O)NNS(=O)(=O)Cc2ccccc2)cc1. The van der Waals surface area contributed by atoms with Crippen molar-refractivity contribution in [1.82, 2.24) is 10.3 Å². The quantitative estimate of drug-likeness (QED) is 0.757. The van der Waals surface area contributed by atoms with Crippen LogP contribution in [0.1, 0.15) is 22.8 Å². The van der Waals surface area contributed by atoms with Gasteiger partial charge in [0, 0.05) is 5.56 Å². The summed E-state index contributed by atoms with van der Waals surface area (Å²) in [7, 11) is -3.66. The van der Waals surface area contributed by atoms with Gasteiger partial charge < -0.3 is 4.74 Å². The van der Waals surface area contributed by atoms with Gasteiger partial charge in [-0.05, 0) is 36.8 Å². The van der Waals surface area contributed by atoms with E-state index in [-0.39, 0.29) is 5.75 Å². The van der Waals surface area contributed by atoms with Crippen molar-refractivity contribution < 1.29 is 17.9 Å². The van der Waals surface area contributed by atoms with Gasteiger partial charge in [0.15, 0.2) is 0 Å². The van der Waals surface area contributed by atoms with Crippen molar-refractivity contribution in [3.8, 4) is 5.75 Å². The largest absolute Gasteiger partial charge is 0.494 e. The number of carbonyl (C=O) groups is 1. The number of hydrogen-bond acceptors (Lipinski definition) is 4. The summed E-state index contributed by atoms with van der Waals surface area (Å²) in [5.41, 5.74) is 3.16. The Morgan fingerprint density at radius 2 is 1.70 bits per heavy atom. The summed E-state index contributed by atoms with van der Waals surface area (Å²) in [5.74, 6) is -0.101. The summed E-state index contributed by atoms with van der Waals surface area (Å²) in [6.07, 6.45) is 0. The Kier molecular flexibility index (Phi) is 5.72. The van der Waals surface area contributed by atoms with Crippen LogP contribution in [0, 0.1) is 0 Å². The Morgan fingerprint density at radius 3 is 2.30 bits per heavy atom. The molecule has 0 aromatic heterocycles. The maximum atomic E-state index is 11.9. The molecule has 2 aromatic rings. The topological polar surface area (TPSA) is 84.5 Å². The Hall–Kier alpha value is -2.38. The van der Waals surface area contributed by atoms with Crippen LogP contribution in [0.2, 0.25) is 0 Å². The van der Waals surface area contributed by atoms with Crippen molar-refractivity contribution in [2.24, 2.45) is 0 Å². The molecule has 1 amide bonds. The van der Waals surface area contributed by atoms with E-state index in [4.69, 9.17) is 4.74 Å². The van der Waals surface area contributed by atoms with E-state index in [0.29, 0.717) is 23.5 Å². The minimum absolute atomic E-state index is 0.211. The number of rotatable bonds is 7. The number of hydrazine groups is 1. The second-order valence-corrected chi connectivity index (χ2v) is 6.48. The van der Waals surface area contributed by atoms with E-state index in [1.807, 2.05) is 6.92 Å². The fraction of sp³-hybridized carbons (Fsp3) is 0.188. The monoisotopic (exact) mass is 334 g/mol. The zero-order valence-corrected chi connectivity index (χ0v) is 13.5. The van der Waals surface area contributed by atoms with E-state index >= 15 is 0 Å². The maximum absolute atomic E-state index is 11.9.